The molecule has 1 saturated heterocycles. The first-order valence-electron chi connectivity index (χ1n) is 11.3. The Kier molecular flexibility index (Phi) is 5.98. The van der Waals surface area contributed by atoms with Gasteiger partial charge in [-0.25, -0.2) is 14.4 Å². The van der Waals surface area contributed by atoms with Gasteiger partial charge < -0.3 is 19.0 Å². The minimum atomic E-state index is -0.934. The fourth-order valence-electron chi connectivity index (χ4n) is 4.30. The molecule has 4 aromatic heterocycles. The zero-order valence-corrected chi connectivity index (χ0v) is 20.0. The fourth-order valence-corrected chi connectivity index (χ4v) is 4.30. The molecule has 5 rings (SSSR count). The monoisotopic (exact) mass is 486 g/mol. The van der Waals surface area contributed by atoms with E-state index in [1.54, 1.807) is 44.7 Å². The molecule has 0 radical (unpaired) electrons. The quantitative estimate of drug-likeness (QED) is 0.415. The molecule has 9 nitrogen and oxygen atoms in total. The second kappa shape index (κ2) is 9.26. The lowest BCUT2D eigenvalue weighted by Gasteiger charge is -2.19. The van der Waals surface area contributed by atoms with Crippen LogP contribution in [0.2, 0.25) is 0 Å². The normalized spacial score (nSPS) is 15.2. The van der Waals surface area contributed by atoms with Crippen LogP contribution in [0.25, 0.3) is 33.7 Å². The predicted octanol–water partition coefficient (Wildman–Crippen LogP) is 4.08. The van der Waals surface area contributed by atoms with E-state index in [1.165, 1.54) is 18.2 Å². The van der Waals surface area contributed by atoms with Crippen LogP contribution in [0.4, 0.5) is 10.1 Å². The number of amides is 1. The standard InChI is InChI=1S/C26H23FN6O3/c1-32(2)26(34)19-9-17(35-3)13-31-24(19)23-10-20-25(36-23)18(4-6-29-20)15-8-22(21(11-28)30-12-15)33-7-5-16(27)14-33/h4,6,8-10,12-13,16H,5,7,14H2,1-3H3. The highest BCUT2D eigenvalue weighted by Crippen LogP contribution is 2.36. The van der Waals surface area contributed by atoms with Crippen molar-refractivity contribution in [3.8, 4) is 34.4 Å². The third-order valence-corrected chi connectivity index (χ3v) is 6.14. The maximum absolute atomic E-state index is 13.9. The number of aromatic nitrogens is 3. The van der Waals surface area contributed by atoms with Crippen molar-refractivity contribution in [2.75, 3.05) is 39.2 Å². The molecule has 1 amide bonds. The highest BCUT2D eigenvalue weighted by atomic mass is 19.1. The Morgan fingerprint density at radius 2 is 2.08 bits per heavy atom. The molecule has 5 heterocycles. The highest BCUT2D eigenvalue weighted by molar-refractivity contribution is 6.01. The van der Waals surface area contributed by atoms with Crippen molar-refractivity contribution in [1.82, 2.24) is 19.9 Å². The molecule has 1 fully saturated rings. The Bertz CT molecular complexity index is 1510. The largest absolute Gasteiger partial charge is 0.495 e. The summed E-state index contributed by atoms with van der Waals surface area (Å²) in [7, 11) is 4.82. The average Bonchev–Trinajstić information content (AvgIpc) is 3.53. The number of carbonyl (C=O) groups is 1. The number of anilines is 1. The van der Waals surface area contributed by atoms with Crippen molar-refractivity contribution in [3.05, 3.63) is 54.1 Å². The van der Waals surface area contributed by atoms with E-state index in [0.29, 0.717) is 63.6 Å². The van der Waals surface area contributed by atoms with Gasteiger partial charge >= 0.3 is 0 Å². The molecule has 0 saturated carbocycles. The second-order valence-corrected chi connectivity index (χ2v) is 8.69. The van der Waals surface area contributed by atoms with Crippen LogP contribution < -0.4 is 9.64 Å². The van der Waals surface area contributed by atoms with Crippen molar-refractivity contribution >= 4 is 22.7 Å². The Morgan fingerprint density at radius 1 is 1.25 bits per heavy atom. The SMILES string of the molecule is COc1cnc(-c2cc3nccc(-c4cnc(C#N)c(N5CCC(F)C5)c4)c3o2)c(C(=O)N(C)C)c1. The van der Waals surface area contributed by atoms with E-state index in [9.17, 15) is 14.4 Å². The van der Waals surface area contributed by atoms with Gasteiger partial charge in [0.05, 0.1) is 24.6 Å². The first kappa shape index (κ1) is 23.2. The van der Waals surface area contributed by atoms with Crippen molar-refractivity contribution in [2.24, 2.45) is 0 Å². The van der Waals surface area contributed by atoms with E-state index in [4.69, 9.17) is 9.15 Å². The van der Waals surface area contributed by atoms with E-state index in [0.717, 1.165) is 0 Å². The third kappa shape index (κ3) is 4.09. The molecule has 36 heavy (non-hydrogen) atoms. The van der Waals surface area contributed by atoms with Crippen LogP contribution in [0.3, 0.4) is 0 Å². The summed E-state index contributed by atoms with van der Waals surface area (Å²) in [6.07, 6.45) is 4.24. The predicted molar refractivity (Wildman–Crippen MR) is 131 cm³/mol. The molecule has 0 aromatic carbocycles. The zero-order valence-electron chi connectivity index (χ0n) is 20.0. The summed E-state index contributed by atoms with van der Waals surface area (Å²) in [5.41, 5.74) is 3.98. The van der Waals surface area contributed by atoms with Crippen molar-refractivity contribution in [1.29, 1.82) is 5.26 Å². The minimum Gasteiger partial charge on any atom is -0.495 e. The molecular weight excluding hydrogens is 463 g/mol. The Morgan fingerprint density at radius 3 is 2.78 bits per heavy atom. The van der Waals surface area contributed by atoms with Crippen molar-refractivity contribution in [3.63, 3.8) is 0 Å². The first-order valence-corrected chi connectivity index (χ1v) is 11.3. The summed E-state index contributed by atoms with van der Waals surface area (Å²) in [5, 5.41) is 9.55. The molecule has 182 valence electrons. The summed E-state index contributed by atoms with van der Waals surface area (Å²) in [5.74, 6) is 0.578. The fraction of sp³-hybridized carbons (Fsp3) is 0.269. The summed E-state index contributed by atoms with van der Waals surface area (Å²) in [6, 6.07) is 9.07. The molecule has 1 aliphatic heterocycles. The average molecular weight is 487 g/mol. The van der Waals surface area contributed by atoms with Crippen LogP contribution in [0, 0.1) is 11.3 Å². The molecule has 1 aliphatic rings. The van der Waals surface area contributed by atoms with Crippen molar-refractivity contribution < 1.29 is 18.3 Å². The van der Waals surface area contributed by atoms with E-state index in [1.807, 2.05) is 11.0 Å². The van der Waals surface area contributed by atoms with Crippen LogP contribution >= 0.6 is 0 Å². The summed E-state index contributed by atoms with van der Waals surface area (Å²) < 4.78 is 25.3. The third-order valence-electron chi connectivity index (χ3n) is 6.14. The Labute approximate surface area is 206 Å². The van der Waals surface area contributed by atoms with Gasteiger partial charge in [-0.1, -0.05) is 0 Å². The summed E-state index contributed by atoms with van der Waals surface area (Å²) >= 11 is 0. The van der Waals surface area contributed by atoms with E-state index in [-0.39, 0.29) is 18.1 Å². The number of nitrogens with zero attached hydrogens (tertiary/aromatic N) is 6. The van der Waals surface area contributed by atoms with Crippen molar-refractivity contribution in [2.45, 2.75) is 12.6 Å². The molecular formula is C26H23FN6O3. The van der Waals surface area contributed by atoms with Crippen LogP contribution in [0.1, 0.15) is 22.5 Å². The van der Waals surface area contributed by atoms with Crippen LogP contribution in [0.5, 0.6) is 5.75 Å². The van der Waals surface area contributed by atoms with E-state index >= 15 is 0 Å². The number of pyridine rings is 3. The van der Waals surface area contributed by atoms with Gasteiger partial charge in [0.25, 0.3) is 5.91 Å². The number of furan rings is 1. The molecule has 0 bridgehead atoms. The van der Waals surface area contributed by atoms with E-state index in [2.05, 4.69) is 21.0 Å². The summed E-state index contributed by atoms with van der Waals surface area (Å²) in [4.78, 5) is 29.3. The molecule has 0 N–H and O–H groups in total. The lowest BCUT2D eigenvalue weighted by molar-refractivity contribution is 0.0827. The number of ether oxygens (including phenoxy) is 1. The zero-order chi connectivity index (χ0) is 25.4. The van der Waals surface area contributed by atoms with Crippen LogP contribution in [0.15, 0.2) is 47.3 Å². The number of hydrogen-bond donors (Lipinski definition) is 0. The topological polar surface area (TPSA) is 108 Å². The van der Waals surface area contributed by atoms with Gasteiger partial charge in [-0.15, -0.1) is 0 Å². The minimum absolute atomic E-state index is 0.224. The van der Waals surface area contributed by atoms with Gasteiger partial charge in [-0.3, -0.25) is 9.78 Å². The van der Waals surface area contributed by atoms with Gasteiger partial charge in [0, 0.05) is 56.8 Å². The van der Waals surface area contributed by atoms with Gasteiger partial charge in [-0.2, -0.15) is 5.26 Å². The van der Waals surface area contributed by atoms with Crippen LogP contribution in [-0.2, 0) is 0 Å². The lowest BCUT2D eigenvalue weighted by atomic mass is 10.1. The molecule has 1 atom stereocenters. The molecule has 10 heteroatoms. The van der Waals surface area contributed by atoms with Crippen LogP contribution in [-0.4, -0.2) is 66.2 Å². The number of nitriles is 1. The maximum atomic E-state index is 13.9. The van der Waals surface area contributed by atoms with Gasteiger partial charge in [0.2, 0.25) is 0 Å². The number of alkyl halides is 1. The number of hydrogen-bond acceptors (Lipinski definition) is 8. The molecule has 1 unspecified atom stereocenters. The smallest absolute Gasteiger partial charge is 0.255 e. The van der Waals surface area contributed by atoms with Gasteiger partial charge in [0.15, 0.2) is 17.0 Å². The molecule has 0 aliphatic carbocycles. The summed E-state index contributed by atoms with van der Waals surface area (Å²) in [6.45, 7) is 0.742. The second-order valence-electron chi connectivity index (χ2n) is 8.69. The van der Waals surface area contributed by atoms with E-state index < -0.39 is 6.17 Å². The number of rotatable bonds is 5. The first-order chi connectivity index (χ1) is 17.4. The molecule has 4 aromatic rings. The maximum Gasteiger partial charge on any atom is 0.255 e. The van der Waals surface area contributed by atoms with Gasteiger partial charge in [-0.05, 0) is 24.6 Å². The highest BCUT2D eigenvalue weighted by Gasteiger charge is 2.26. The number of carbonyl (C=O) groups excluding carboxylic acids is 1. The Hall–Kier alpha value is -4.52. The number of halogens is 1. The number of methoxy groups -OCH3 is 1. The Balaban J connectivity index is 1.63. The lowest BCUT2D eigenvalue weighted by Crippen LogP contribution is -2.22. The van der Waals surface area contributed by atoms with Gasteiger partial charge in [0.1, 0.15) is 29.2 Å². The molecule has 0 spiro atoms. The number of fused-ring (bicyclic) bond motifs is 1.